The fraction of sp³-hybridized carbons (Fsp3) is 0.286. The lowest BCUT2D eigenvalue weighted by Crippen LogP contribution is -2.42. The van der Waals surface area contributed by atoms with E-state index in [9.17, 15) is 9.59 Å². The smallest absolute Gasteiger partial charge is 0.244 e. The van der Waals surface area contributed by atoms with Gasteiger partial charge in [0.05, 0.1) is 7.11 Å². The average molecular weight is 262 g/mol. The first-order valence-electron chi connectivity index (χ1n) is 5.91. The Bertz CT molecular complexity index is 466. The highest BCUT2D eigenvalue weighted by molar-refractivity contribution is 5.95. The molecule has 19 heavy (non-hydrogen) atoms. The zero-order valence-electron chi connectivity index (χ0n) is 11.3. The molecule has 0 spiro atoms. The van der Waals surface area contributed by atoms with Crippen LogP contribution < -0.4 is 15.4 Å². The quantitative estimate of drug-likeness (QED) is 0.777. The second-order valence-electron chi connectivity index (χ2n) is 3.95. The summed E-state index contributed by atoms with van der Waals surface area (Å²) in [6.45, 7) is 1.62. The fourth-order valence-electron chi connectivity index (χ4n) is 1.43. The van der Waals surface area contributed by atoms with Crippen LogP contribution in [0, 0.1) is 0 Å². The van der Waals surface area contributed by atoms with E-state index in [0.717, 1.165) is 11.3 Å². The van der Waals surface area contributed by atoms with E-state index in [4.69, 9.17) is 4.74 Å². The summed E-state index contributed by atoms with van der Waals surface area (Å²) in [5.41, 5.74) is 0.878. The minimum atomic E-state index is -0.557. The van der Waals surface area contributed by atoms with E-state index in [-0.39, 0.29) is 11.8 Å². The average Bonchev–Trinajstić information content (AvgIpc) is 2.44. The van der Waals surface area contributed by atoms with Crippen molar-refractivity contribution >= 4 is 17.9 Å². The molecule has 1 rings (SSSR count). The maximum absolute atomic E-state index is 11.6. The van der Waals surface area contributed by atoms with E-state index in [1.54, 1.807) is 20.1 Å². The molecule has 0 fully saturated rings. The minimum Gasteiger partial charge on any atom is -0.497 e. The number of carbonyl (C=O) groups is 2. The van der Waals surface area contributed by atoms with Crippen LogP contribution in [-0.4, -0.2) is 32.0 Å². The van der Waals surface area contributed by atoms with Gasteiger partial charge < -0.3 is 15.4 Å². The molecule has 0 aromatic heterocycles. The number of likely N-dealkylation sites (N-methyl/N-ethyl adjacent to an activating group) is 1. The highest BCUT2D eigenvalue weighted by atomic mass is 16.5. The number of hydrogen-bond acceptors (Lipinski definition) is 3. The first-order valence-corrected chi connectivity index (χ1v) is 5.91. The summed E-state index contributed by atoms with van der Waals surface area (Å²) in [6.07, 6.45) is 3.06. The van der Waals surface area contributed by atoms with Gasteiger partial charge in [0.15, 0.2) is 0 Å². The first-order chi connectivity index (χ1) is 9.06. The number of methoxy groups -OCH3 is 1. The zero-order chi connectivity index (χ0) is 14.3. The number of hydrogen-bond donors (Lipinski definition) is 2. The number of benzene rings is 1. The zero-order valence-corrected chi connectivity index (χ0v) is 11.3. The van der Waals surface area contributed by atoms with E-state index in [0.29, 0.717) is 0 Å². The molecule has 0 aliphatic heterocycles. The number of carbonyl (C=O) groups excluding carboxylic acids is 2. The third kappa shape index (κ3) is 4.83. The van der Waals surface area contributed by atoms with Crippen LogP contribution in [0.2, 0.25) is 0 Å². The number of ether oxygens (including phenoxy) is 1. The Morgan fingerprint density at radius 3 is 2.42 bits per heavy atom. The first kappa shape index (κ1) is 14.8. The molecule has 0 radical (unpaired) electrons. The van der Waals surface area contributed by atoms with E-state index >= 15 is 0 Å². The number of amides is 2. The summed E-state index contributed by atoms with van der Waals surface area (Å²) in [7, 11) is 3.12. The molecule has 1 aromatic rings. The van der Waals surface area contributed by atoms with Crippen molar-refractivity contribution in [3.05, 3.63) is 35.9 Å². The molecule has 102 valence electrons. The van der Waals surface area contributed by atoms with Crippen LogP contribution in [0.5, 0.6) is 5.75 Å². The molecule has 0 bridgehead atoms. The second-order valence-corrected chi connectivity index (χ2v) is 3.95. The van der Waals surface area contributed by atoms with Crippen molar-refractivity contribution in [1.82, 2.24) is 10.6 Å². The predicted molar refractivity (Wildman–Crippen MR) is 73.7 cm³/mol. The van der Waals surface area contributed by atoms with Crippen molar-refractivity contribution in [2.24, 2.45) is 0 Å². The molecular formula is C14H18N2O3. The van der Waals surface area contributed by atoms with Crippen molar-refractivity contribution in [2.75, 3.05) is 14.2 Å². The Morgan fingerprint density at radius 2 is 1.89 bits per heavy atom. The summed E-state index contributed by atoms with van der Waals surface area (Å²) >= 11 is 0. The van der Waals surface area contributed by atoms with Crippen molar-refractivity contribution in [2.45, 2.75) is 13.0 Å². The van der Waals surface area contributed by atoms with Crippen LogP contribution in [0.3, 0.4) is 0 Å². The third-order valence-corrected chi connectivity index (χ3v) is 2.54. The van der Waals surface area contributed by atoms with Crippen molar-refractivity contribution in [3.63, 3.8) is 0 Å². The van der Waals surface area contributed by atoms with Gasteiger partial charge in [-0.2, -0.15) is 0 Å². The largest absolute Gasteiger partial charge is 0.497 e. The molecule has 1 atom stereocenters. The Kier molecular flexibility index (Phi) is 5.60. The van der Waals surface area contributed by atoms with Crippen LogP contribution >= 0.6 is 0 Å². The lowest BCUT2D eigenvalue weighted by Gasteiger charge is -2.10. The molecule has 2 N–H and O–H groups in total. The van der Waals surface area contributed by atoms with Gasteiger partial charge in [-0.3, -0.25) is 9.59 Å². The van der Waals surface area contributed by atoms with Gasteiger partial charge in [0.25, 0.3) is 0 Å². The monoisotopic (exact) mass is 262 g/mol. The lowest BCUT2D eigenvalue weighted by molar-refractivity contribution is -0.126. The molecule has 1 unspecified atom stereocenters. The van der Waals surface area contributed by atoms with Crippen molar-refractivity contribution in [1.29, 1.82) is 0 Å². The minimum absolute atomic E-state index is 0.230. The predicted octanol–water partition coefficient (Wildman–Crippen LogP) is 0.959. The van der Waals surface area contributed by atoms with Gasteiger partial charge in [-0.15, -0.1) is 0 Å². The fourth-order valence-corrected chi connectivity index (χ4v) is 1.43. The molecule has 0 aliphatic rings. The Labute approximate surface area is 112 Å². The standard InChI is InChI=1S/C14H18N2O3/c1-10(14(18)15-2)16-13(17)9-6-11-4-7-12(19-3)8-5-11/h4-10H,1-3H3,(H,15,18)(H,16,17)/b9-6+. The molecule has 2 amide bonds. The summed E-state index contributed by atoms with van der Waals surface area (Å²) < 4.78 is 5.04. The second kappa shape index (κ2) is 7.20. The lowest BCUT2D eigenvalue weighted by atomic mass is 10.2. The molecule has 5 heteroatoms. The van der Waals surface area contributed by atoms with E-state index < -0.39 is 6.04 Å². The van der Waals surface area contributed by atoms with E-state index in [2.05, 4.69) is 10.6 Å². The van der Waals surface area contributed by atoms with Crippen LogP contribution in [0.4, 0.5) is 0 Å². The maximum atomic E-state index is 11.6. The van der Waals surface area contributed by atoms with Gasteiger partial charge in [0.2, 0.25) is 11.8 Å². The Morgan fingerprint density at radius 1 is 1.26 bits per heavy atom. The van der Waals surface area contributed by atoms with Gasteiger partial charge in [-0.1, -0.05) is 12.1 Å². The van der Waals surface area contributed by atoms with Crippen LogP contribution in [0.15, 0.2) is 30.3 Å². The van der Waals surface area contributed by atoms with Gasteiger partial charge in [0.1, 0.15) is 11.8 Å². The third-order valence-electron chi connectivity index (χ3n) is 2.54. The molecule has 0 heterocycles. The topological polar surface area (TPSA) is 67.4 Å². The summed E-state index contributed by atoms with van der Waals surface area (Å²) in [4.78, 5) is 22.8. The van der Waals surface area contributed by atoms with Gasteiger partial charge >= 0.3 is 0 Å². The molecule has 1 aromatic carbocycles. The Balaban J connectivity index is 2.55. The van der Waals surface area contributed by atoms with Gasteiger partial charge in [-0.25, -0.2) is 0 Å². The maximum Gasteiger partial charge on any atom is 0.244 e. The summed E-state index contributed by atoms with van der Waals surface area (Å²) in [5, 5.41) is 5.03. The molecular weight excluding hydrogens is 244 g/mol. The highest BCUT2D eigenvalue weighted by Crippen LogP contribution is 2.12. The van der Waals surface area contributed by atoms with Crippen LogP contribution in [-0.2, 0) is 9.59 Å². The van der Waals surface area contributed by atoms with E-state index in [1.807, 2.05) is 24.3 Å². The van der Waals surface area contributed by atoms with Gasteiger partial charge in [0, 0.05) is 13.1 Å². The van der Waals surface area contributed by atoms with Crippen LogP contribution in [0.1, 0.15) is 12.5 Å². The van der Waals surface area contributed by atoms with Crippen molar-refractivity contribution < 1.29 is 14.3 Å². The summed E-state index contributed by atoms with van der Waals surface area (Å²) in [6, 6.07) is 6.74. The number of rotatable bonds is 5. The van der Waals surface area contributed by atoms with Crippen molar-refractivity contribution in [3.8, 4) is 5.75 Å². The molecule has 5 nitrogen and oxygen atoms in total. The summed E-state index contributed by atoms with van der Waals surface area (Å²) in [5.74, 6) is 0.216. The number of nitrogens with one attached hydrogen (secondary N) is 2. The molecule has 0 aliphatic carbocycles. The highest BCUT2D eigenvalue weighted by Gasteiger charge is 2.11. The van der Waals surface area contributed by atoms with Gasteiger partial charge in [-0.05, 0) is 30.7 Å². The Hall–Kier alpha value is -2.30. The molecule has 0 saturated heterocycles. The van der Waals surface area contributed by atoms with E-state index in [1.165, 1.54) is 13.1 Å². The normalized spacial score (nSPS) is 11.9. The van der Waals surface area contributed by atoms with Crippen LogP contribution in [0.25, 0.3) is 6.08 Å². The SMILES string of the molecule is CNC(=O)C(C)NC(=O)/C=C/c1ccc(OC)cc1. The molecule has 0 saturated carbocycles.